The summed E-state index contributed by atoms with van der Waals surface area (Å²) in [6.07, 6.45) is 3.98. The summed E-state index contributed by atoms with van der Waals surface area (Å²) in [5, 5.41) is 14.3. The number of likely N-dealkylation sites (tertiary alicyclic amines) is 1. The van der Waals surface area contributed by atoms with Crippen LogP contribution in [0.3, 0.4) is 0 Å². The minimum atomic E-state index is -0.322. The van der Waals surface area contributed by atoms with Crippen LogP contribution in [0.4, 0.5) is 11.4 Å². The molecule has 0 aromatic heterocycles. The van der Waals surface area contributed by atoms with Crippen LogP contribution in [0.1, 0.15) is 31.7 Å². The highest BCUT2D eigenvalue weighted by Crippen LogP contribution is 2.25. The third-order valence-electron chi connectivity index (χ3n) is 4.16. The fourth-order valence-electron chi connectivity index (χ4n) is 2.94. The first kappa shape index (κ1) is 15.8. The Bertz CT molecular complexity index is 484. The van der Waals surface area contributed by atoms with Crippen molar-refractivity contribution < 1.29 is 4.92 Å². The van der Waals surface area contributed by atoms with Crippen molar-refractivity contribution >= 4 is 11.4 Å². The number of nitro benzene ring substituents is 1. The van der Waals surface area contributed by atoms with Crippen LogP contribution < -0.4 is 5.32 Å². The molecule has 1 atom stereocenters. The van der Waals surface area contributed by atoms with E-state index in [9.17, 15) is 10.1 Å². The van der Waals surface area contributed by atoms with E-state index in [1.165, 1.54) is 32.4 Å². The number of benzene rings is 1. The fourth-order valence-corrected chi connectivity index (χ4v) is 2.94. The lowest BCUT2D eigenvalue weighted by atomic mass is 10.1. The maximum Gasteiger partial charge on any atom is 0.274 e. The maximum atomic E-state index is 10.9. The van der Waals surface area contributed by atoms with Crippen molar-refractivity contribution in [3.63, 3.8) is 0 Å². The summed E-state index contributed by atoms with van der Waals surface area (Å²) in [5.41, 5.74) is 1.77. The second-order valence-corrected chi connectivity index (χ2v) is 6.05. The molecule has 1 aromatic rings. The van der Waals surface area contributed by atoms with Gasteiger partial charge < -0.3 is 10.2 Å². The number of nitro groups is 1. The zero-order valence-electron chi connectivity index (χ0n) is 13.0. The highest BCUT2D eigenvalue weighted by atomic mass is 16.6. The molecule has 0 amide bonds. The lowest BCUT2D eigenvalue weighted by molar-refractivity contribution is -0.385. The monoisotopic (exact) mass is 291 g/mol. The average Bonchev–Trinajstić information content (AvgIpc) is 2.47. The van der Waals surface area contributed by atoms with E-state index in [-0.39, 0.29) is 10.6 Å². The third-order valence-corrected chi connectivity index (χ3v) is 4.16. The normalized spacial score (nSPS) is 17.4. The molecule has 0 saturated carbocycles. The largest absolute Gasteiger partial charge is 0.384 e. The summed E-state index contributed by atoms with van der Waals surface area (Å²) in [6, 6.07) is 5.20. The lowest BCUT2D eigenvalue weighted by Crippen LogP contribution is -2.35. The second kappa shape index (κ2) is 7.41. The summed E-state index contributed by atoms with van der Waals surface area (Å²) in [5.74, 6) is 0.529. The summed E-state index contributed by atoms with van der Waals surface area (Å²) in [4.78, 5) is 13.1. The predicted molar refractivity (Wildman–Crippen MR) is 85.8 cm³/mol. The number of rotatable bonds is 6. The summed E-state index contributed by atoms with van der Waals surface area (Å²) in [7, 11) is 0. The molecule has 116 valence electrons. The Balaban J connectivity index is 1.87. The number of nitrogens with zero attached hydrogens (tertiary/aromatic N) is 2. The third kappa shape index (κ3) is 4.43. The molecule has 2 rings (SSSR count). The molecular formula is C16H25N3O2. The van der Waals surface area contributed by atoms with E-state index in [1.54, 1.807) is 19.1 Å². The summed E-state index contributed by atoms with van der Waals surface area (Å²) in [6.45, 7) is 8.39. The van der Waals surface area contributed by atoms with Gasteiger partial charge in [-0.2, -0.15) is 0 Å². The van der Waals surface area contributed by atoms with E-state index in [4.69, 9.17) is 0 Å². The van der Waals surface area contributed by atoms with Crippen molar-refractivity contribution in [2.24, 2.45) is 5.92 Å². The SMILES string of the molecule is Cc1c(NCC(C)CN2CCCCC2)cccc1[N+](=O)[O-]. The van der Waals surface area contributed by atoms with E-state index < -0.39 is 0 Å². The first-order chi connectivity index (χ1) is 10.1. The van der Waals surface area contributed by atoms with E-state index in [1.807, 2.05) is 6.07 Å². The first-order valence-electron chi connectivity index (χ1n) is 7.78. The fraction of sp³-hybridized carbons (Fsp3) is 0.625. The molecule has 1 aliphatic rings. The van der Waals surface area contributed by atoms with Crippen molar-refractivity contribution in [1.29, 1.82) is 0 Å². The minimum Gasteiger partial charge on any atom is -0.384 e. The molecule has 1 aromatic carbocycles. The van der Waals surface area contributed by atoms with Gasteiger partial charge in [-0.25, -0.2) is 0 Å². The predicted octanol–water partition coefficient (Wildman–Crippen LogP) is 3.44. The smallest absolute Gasteiger partial charge is 0.274 e. The number of piperidine rings is 1. The molecule has 1 unspecified atom stereocenters. The topological polar surface area (TPSA) is 58.4 Å². The van der Waals surface area contributed by atoms with Gasteiger partial charge >= 0.3 is 0 Å². The van der Waals surface area contributed by atoms with Crippen molar-refractivity contribution in [2.75, 3.05) is 31.5 Å². The molecule has 0 aliphatic carbocycles. The van der Waals surface area contributed by atoms with E-state index >= 15 is 0 Å². The number of hydrogen-bond donors (Lipinski definition) is 1. The zero-order valence-corrected chi connectivity index (χ0v) is 13.0. The van der Waals surface area contributed by atoms with Crippen molar-refractivity contribution in [3.8, 4) is 0 Å². The van der Waals surface area contributed by atoms with Crippen LogP contribution >= 0.6 is 0 Å². The van der Waals surface area contributed by atoms with Crippen LogP contribution in [0.5, 0.6) is 0 Å². The molecule has 0 spiro atoms. The molecule has 1 fully saturated rings. The Morgan fingerprint density at radius 2 is 2.05 bits per heavy atom. The molecule has 0 radical (unpaired) electrons. The second-order valence-electron chi connectivity index (χ2n) is 6.05. The minimum absolute atomic E-state index is 0.184. The Labute approximate surface area is 126 Å². The summed E-state index contributed by atoms with van der Waals surface area (Å²) >= 11 is 0. The molecule has 5 nitrogen and oxygen atoms in total. The molecule has 5 heteroatoms. The van der Waals surface area contributed by atoms with Gasteiger partial charge in [0.15, 0.2) is 0 Å². The van der Waals surface area contributed by atoms with Crippen LogP contribution in [0.25, 0.3) is 0 Å². The van der Waals surface area contributed by atoms with Gasteiger partial charge in [0.05, 0.1) is 4.92 Å². The van der Waals surface area contributed by atoms with Crippen molar-refractivity contribution in [1.82, 2.24) is 4.90 Å². The molecular weight excluding hydrogens is 266 g/mol. The van der Waals surface area contributed by atoms with Crippen molar-refractivity contribution in [3.05, 3.63) is 33.9 Å². The van der Waals surface area contributed by atoms with Gasteiger partial charge in [0.25, 0.3) is 5.69 Å². The first-order valence-corrected chi connectivity index (χ1v) is 7.78. The van der Waals surface area contributed by atoms with Crippen LogP contribution in [0, 0.1) is 23.0 Å². The van der Waals surface area contributed by atoms with E-state index in [0.29, 0.717) is 11.5 Å². The Hall–Kier alpha value is -1.62. The zero-order chi connectivity index (χ0) is 15.2. The highest BCUT2D eigenvalue weighted by Gasteiger charge is 2.15. The molecule has 1 N–H and O–H groups in total. The Kier molecular flexibility index (Phi) is 5.56. The highest BCUT2D eigenvalue weighted by molar-refractivity contribution is 5.59. The van der Waals surface area contributed by atoms with Gasteiger partial charge in [-0.3, -0.25) is 10.1 Å². The molecule has 1 saturated heterocycles. The summed E-state index contributed by atoms with van der Waals surface area (Å²) < 4.78 is 0. The number of hydrogen-bond acceptors (Lipinski definition) is 4. The average molecular weight is 291 g/mol. The van der Waals surface area contributed by atoms with Crippen LogP contribution in [0.2, 0.25) is 0 Å². The van der Waals surface area contributed by atoms with E-state index in [2.05, 4.69) is 17.1 Å². The van der Waals surface area contributed by atoms with Gasteiger partial charge in [0.1, 0.15) is 0 Å². The van der Waals surface area contributed by atoms with Crippen LogP contribution in [0.15, 0.2) is 18.2 Å². The molecule has 21 heavy (non-hydrogen) atoms. The maximum absolute atomic E-state index is 10.9. The van der Waals surface area contributed by atoms with Gasteiger partial charge in [0.2, 0.25) is 0 Å². The molecule has 1 heterocycles. The van der Waals surface area contributed by atoms with Gasteiger partial charge in [-0.15, -0.1) is 0 Å². The Morgan fingerprint density at radius 3 is 2.71 bits per heavy atom. The Morgan fingerprint density at radius 1 is 1.33 bits per heavy atom. The van der Waals surface area contributed by atoms with Crippen molar-refractivity contribution in [2.45, 2.75) is 33.1 Å². The quantitative estimate of drug-likeness (QED) is 0.644. The van der Waals surface area contributed by atoms with Gasteiger partial charge in [0, 0.05) is 30.4 Å². The lowest BCUT2D eigenvalue weighted by Gasteiger charge is -2.29. The van der Waals surface area contributed by atoms with E-state index in [0.717, 1.165) is 18.8 Å². The van der Waals surface area contributed by atoms with Gasteiger partial charge in [-0.05, 0) is 44.8 Å². The standard InChI is InChI=1S/C16H25N3O2/c1-13(12-18-9-4-3-5-10-18)11-17-15-7-6-8-16(14(15)2)19(20)21/h6-8,13,17H,3-5,9-12H2,1-2H3. The van der Waals surface area contributed by atoms with Crippen LogP contribution in [-0.4, -0.2) is 36.0 Å². The number of anilines is 1. The van der Waals surface area contributed by atoms with Crippen LogP contribution in [-0.2, 0) is 0 Å². The molecule has 0 bridgehead atoms. The van der Waals surface area contributed by atoms with Gasteiger partial charge in [-0.1, -0.05) is 19.4 Å². The number of nitrogens with one attached hydrogen (secondary N) is 1. The molecule has 1 aliphatic heterocycles.